The molecule has 0 bridgehead atoms. The summed E-state index contributed by atoms with van der Waals surface area (Å²) < 4.78 is 42.4. The number of benzene rings is 2. The molecular weight excluding hydrogens is 512 g/mol. The number of nitrogens with one attached hydrogen (secondary N) is 2. The summed E-state index contributed by atoms with van der Waals surface area (Å²) in [4.78, 5) is 20.2. The van der Waals surface area contributed by atoms with Crippen LogP contribution in [0.5, 0.6) is 11.5 Å². The van der Waals surface area contributed by atoms with Crippen LogP contribution >= 0.6 is 11.6 Å². The maximum atomic E-state index is 12.9. The molecule has 0 saturated carbocycles. The number of aromatic nitrogens is 2. The molecule has 3 rings (SSSR count). The lowest BCUT2D eigenvalue weighted by atomic mass is 10.0. The van der Waals surface area contributed by atoms with Gasteiger partial charge in [0.05, 0.1) is 10.5 Å². The average molecular weight is 538 g/mol. The first kappa shape index (κ1) is 27.3. The smallest absolute Gasteiger partial charge is 0.387 e. The summed E-state index contributed by atoms with van der Waals surface area (Å²) >= 11 is 6.45. The molecule has 2 atom stereocenters. The molecular formula is C25H26ClF2N3O4S. The van der Waals surface area contributed by atoms with Gasteiger partial charge in [-0.2, -0.15) is 8.78 Å². The Labute approximate surface area is 214 Å². The number of nitrogens with zero attached hydrogens (tertiary/aromatic N) is 1. The number of aromatic hydroxyl groups is 1. The number of phenols is 1. The topological polar surface area (TPSA) is 104 Å². The number of fused-ring (bicyclic) bond motifs is 1. The number of carbonyl (C=O) groups excluding carboxylic acids is 1. The van der Waals surface area contributed by atoms with Gasteiger partial charge >= 0.3 is 6.61 Å². The molecule has 2 aromatic carbocycles. The highest BCUT2D eigenvalue weighted by atomic mass is 35.5. The standard InChI is InChI=1S/C25H26ClF2N3O4S/c1-5-36(34)14(3)11-10-13(2)21(29-15(4)32)24-30-18-12-17(26)20(23(33)22(18)31-24)16-8-6-7-9-19(16)35-25(27)28/h6-12,21,25,33H,5H2,1-4H3,(H,29,32)(H,30,31)/b13-10+,14-11+. The van der Waals surface area contributed by atoms with Gasteiger partial charge in [0.25, 0.3) is 0 Å². The lowest BCUT2D eigenvalue weighted by Crippen LogP contribution is -2.27. The number of ether oxygens (including phenoxy) is 1. The maximum absolute atomic E-state index is 12.9. The molecule has 0 aliphatic rings. The summed E-state index contributed by atoms with van der Waals surface area (Å²) in [6.45, 7) is 3.66. The molecule has 0 aliphatic carbocycles. The number of phenolic OH excluding ortho intramolecular Hbond substituents is 1. The molecule has 36 heavy (non-hydrogen) atoms. The van der Waals surface area contributed by atoms with Gasteiger partial charge in [0, 0.05) is 39.5 Å². The fourth-order valence-electron chi connectivity index (χ4n) is 3.64. The van der Waals surface area contributed by atoms with E-state index in [4.69, 9.17) is 11.6 Å². The summed E-state index contributed by atoms with van der Waals surface area (Å²) in [6, 6.07) is 6.80. The molecule has 1 amide bonds. The Morgan fingerprint density at radius 1 is 1.28 bits per heavy atom. The molecule has 0 saturated heterocycles. The predicted molar refractivity (Wildman–Crippen MR) is 138 cm³/mol. The van der Waals surface area contributed by atoms with Gasteiger partial charge < -0.3 is 20.1 Å². The van der Waals surface area contributed by atoms with Crippen LogP contribution in [0.3, 0.4) is 0 Å². The largest absolute Gasteiger partial charge is 0.505 e. The van der Waals surface area contributed by atoms with Gasteiger partial charge in [-0.15, -0.1) is 0 Å². The minimum absolute atomic E-state index is 0.0856. The molecule has 0 spiro atoms. The third-order valence-corrected chi connectivity index (χ3v) is 7.05. The predicted octanol–water partition coefficient (Wildman–Crippen LogP) is 5.99. The molecule has 0 fully saturated rings. The third kappa shape index (κ3) is 6.11. The van der Waals surface area contributed by atoms with Gasteiger partial charge in [-0.1, -0.05) is 48.9 Å². The van der Waals surface area contributed by atoms with E-state index < -0.39 is 23.5 Å². The molecule has 1 heterocycles. The lowest BCUT2D eigenvalue weighted by molar-refractivity contribution is -0.119. The average Bonchev–Trinajstić information content (AvgIpc) is 3.24. The minimum Gasteiger partial charge on any atom is -0.505 e. The number of amides is 1. The van der Waals surface area contributed by atoms with Crippen LogP contribution in [0.1, 0.15) is 39.6 Å². The van der Waals surface area contributed by atoms with E-state index in [0.29, 0.717) is 27.6 Å². The van der Waals surface area contributed by atoms with E-state index in [9.17, 15) is 22.9 Å². The summed E-state index contributed by atoms with van der Waals surface area (Å²) in [5.74, 6) is 0.00940. The van der Waals surface area contributed by atoms with Crippen molar-refractivity contribution in [3.05, 3.63) is 63.8 Å². The summed E-state index contributed by atoms with van der Waals surface area (Å²) in [7, 11) is -1.10. The van der Waals surface area contributed by atoms with E-state index >= 15 is 0 Å². The van der Waals surface area contributed by atoms with Crippen LogP contribution < -0.4 is 10.1 Å². The molecule has 11 heteroatoms. The molecule has 2 unspecified atom stereocenters. The minimum atomic E-state index is -3.06. The van der Waals surface area contributed by atoms with Crippen molar-refractivity contribution in [1.29, 1.82) is 0 Å². The normalized spacial score (nSPS) is 14.2. The zero-order chi connectivity index (χ0) is 26.6. The summed E-state index contributed by atoms with van der Waals surface area (Å²) in [5.41, 5.74) is 1.47. The Morgan fingerprint density at radius 3 is 2.61 bits per heavy atom. The van der Waals surface area contributed by atoms with E-state index in [1.54, 1.807) is 32.1 Å². The van der Waals surface area contributed by atoms with E-state index in [2.05, 4.69) is 20.0 Å². The van der Waals surface area contributed by atoms with Crippen molar-refractivity contribution in [3.63, 3.8) is 0 Å². The lowest BCUT2D eigenvalue weighted by Gasteiger charge is -2.16. The Morgan fingerprint density at radius 2 is 1.97 bits per heavy atom. The van der Waals surface area contributed by atoms with Crippen LogP contribution in [0.15, 0.2) is 53.0 Å². The zero-order valence-corrected chi connectivity index (χ0v) is 21.6. The number of para-hydroxylation sites is 1. The van der Waals surface area contributed by atoms with Crippen LogP contribution in [0.2, 0.25) is 5.02 Å². The van der Waals surface area contributed by atoms with Crippen molar-refractivity contribution in [2.24, 2.45) is 0 Å². The van der Waals surface area contributed by atoms with E-state index in [0.717, 1.165) is 0 Å². The van der Waals surface area contributed by atoms with E-state index in [1.165, 1.54) is 31.2 Å². The first-order valence-electron chi connectivity index (χ1n) is 11.0. The molecule has 1 aromatic heterocycles. The molecule has 7 nitrogen and oxygen atoms in total. The first-order valence-corrected chi connectivity index (χ1v) is 12.7. The number of carbonyl (C=O) groups is 1. The van der Waals surface area contributed by atoms with Gasteiger partial charge in [-0.05, 0) is 31.6 Å². The molecule has 0 aliphatic heterocycles. The van der Waals surface area contributed by atoms with Gasteiger partial charge in [-0.3, -0.25) is 9.00 Å². The second kappa shape index (κ2) is 11.7. The second-order valence-corrected chi connectivity index (χ2v) is 10.3. The number of imidazole rings is 1. The number of hydrogen-bond acceptors (Lipinski definition) is 5. The van der Waals surface area contributed by atoms with Gasteiger partial charge in [-0.25, -0.2) is 4.98 Å². The Balaban J connectivity index is 2.13. The van der Waals surface area contributed by atoms with Gasteiger partial charge in [0.2, 0.25) is 5.91 Å². The van der Waals surface area contributed by atoms with Crippen LogP contribution in [0.25, 0.3) is 22.2 Å². The number of halogens is 3. The monoisotopic (exact) mass is 537 g/mol. The van der Waals surface area contributed by atoms with Crippen molar-refractivity contribution in [2.75, 3.05) is 5.75 Å². The summed E-state index contributed by atoms with van der Waals surface area (Å²) in [6.07, 6.45) is 3.46. The molecule has 192 valence electrons. The van der Waals surface area contributed by atoms with Crippen molar-refractivity contribution >= 4 is 39.3 Å². The highest BCUT2D eigenvalue weighted by Crippen LogP contribution is 2.44. The SMILES string of the molecule is CCS(=O)/C(C)=C/C=C(\C)C(NC(C)=O)c1nc2c(O)c(-c3ccccc3OC(F)F)c(Cl)cc2[nH]1. The zero-order valence-electron chi connectivity index (χ0n) is 20.1. The quantitative estimate of drug-likeness (QED) is 0.291. The third-order valence-electron chi connectivity index (χ3n) is 5.37. The fourth-order valence-corrected chi connectivity index (χ4v) is 4.61. The van der Waals surface area contributed by atoms with E-state index in [-0.39, 0.29) is 39.1 Å². The van der Waals surface area contributed by atoms with Crippen LogP contribution in [0, 0.1) is 0 Å². The van der Waals surface area contributed by atoms with Crippen molar-refractivity contribution in [1.82, 2.24) is 15.3 Å². The maximum Gasteiger partial charge on any atom is 0.387 e. The number of hydrogen-bond donors (Lipinski definition) is 3. The number of rotatable bonds is 9. The Kier molecular flexibility index (Phi) is 8.86. The fraction of sp³-hybridized carbons (Fsp3) is 0.280. The highest BCUT2D eigenvalue weighted by molar-refractivity contribution is 7.88. The second-order valence-electron chi connectivity index (χ2n) is 7.93. The van der Waals surface area contributed by atoms with Crippen molar-refractivity contribution < 1.29 is 27.6 Å². The first-order chi connectivity index (χ1) is 17.0. The number of aromatic amines is 1. The molecule has 3 N–H and O–H groups in total. The summed E-state index contributed by atoms with van der Waals surface area (Å²) in [5, 5.41) is 14.0. The molecule has 3 aromatic rings. The van der Waals surface area contributed by atoms with Gasteiger partial charge in [0.15, 0.2) is 5.75 Å². The van der Waals surface area contributed by atoms with E-state index in [1.807, 2.05) is 6.92 Å². The van der Waals surface area contributed by atoms with Gasteiger partial charge in [0.1, 0.15) is 23.1 Å². The molecule has 0 radical (unpaired) electrons. The van der Waals surface area contributed by atoms with Crippen LogP contribution in [-0.2, 0) is 15.6 Å². The number of H-pyrrole nitrogens is 1. The number of allylic oxidation sites excluding steroid dienone is 3. The Hall–Kier alpha value is -3.24. The van der Waals surface area contributed by atoms with Crippen LogP contribution in [0.4, 0.5) is 8.78 Å². The van der Waals surface area contributed by atoms with Crippen molar-refractivity contribution in [3.8, 4) is 22.6 Å². The Bertz CT molecular complexity index is 1370. The highest BCUT2D eigenvalue weighted by Gasteiger charge is 2.24. The number of alkyl halides is 2. The van der Waals surface area contributed by atoms with Crippen molar-refractivity contribution in [2.45, 2.75) is 40.3 Å². The van der Waals surface area contributed by atoms with Crippen LogP contribution in [-0.4, -0.2) is 37.6 Å².